The van der Waals surface area contributed by atoms with E-state index in [1.165, 1.54) is 12.1 Å². The van der Waals surface area contributed by atoms with E-state index in [-0.39, 0.29) is 17.8 Å². The van der Waals surface area contributed by atoms with Crippen LogP contribution in [0.1, 0.15) is 44.3 Å². The topological polar surface area (TPSA) is 61.8 Å². The van der Waals surface area contributed by atoms with Gasteiger partial charge in [-0.05, 0) is 57.1 Å². The molecule has 0 saturated carbocycles. The van der Waals surface area contributed by atoms with Crippen LogP contribution in [-0.4, -0.2) is 43.3 Å². The van der Waals surface area contributed by atoms with Crippen LogP contribution < -0.4 is 5.48 Å². The predicted octanol–water partition coefficient (Wildman–Crippen LogP) is 3.15. The Bertz CT molecular complexity index is 482. The Morgan fingerprint density at radius 3 is 2.54 bits per heavy atom. The second-order valence-electron chi connectivity index (χ2n) is 6.13. The number of ether oxygens (including phenoxy) is 1. The van der Waals surface area contributed by atoms with Crippen molar-refractivity contribution in [1.29, 1.82) is 0 Å². The summed E-state index contributed by atoms with van der Waals surface area (Å²) >= 11 is 0. The summed E-state index contributed by atoms with van der Waals surface area (Å²) in [7, 11) is 3.59. The Balaban J connectivity index is 2.69. The van der Waals surface area contributed by atoms with Gasteiger partial charge in [-0.1, -0.05) is 25.5 Å². The van der Waals surface area contributed by atoms with Gasteiger partial charge in [-0.2, -0.15) is 0 Å². The number of rotatable bonds is 11. The molecule has 2 N–H and O–H groups in total. The number of halogens is 1. The van der Waals surface area contributed by atoms with E-state index < -0.39 is 5.91 Å². The van der Waals surface area contributed by atoms with Crippen molar-refractivity contribution in [2.75, 3.05) is 27.2 Å². The van der Waals surface area contributed by atoms with Gasteiger partial charge in [-0.15, -0.1) is 0 Å². The molecule has 24 heavy (non-hydrogen) atoms. The van der Waals surface area contributed by atoms with Gasteiger partial charge in [0.05, 0.1) is 6.10 Å². The number of carbonyl (C=O) groups excluding carboxylic acids is 1. The van der Waals surface area contributed by atoms with Crippen LogP contribution in [0.4, 0.5) is 4.39 Å². The third-order valence-electron chi connectivity index (χ3n) is 4.26. The van der Waals surface area contributed by atoms with Crippen LogP contribution in [-0.2, 0) is 9.53 Å². The first-order valence-corrected chi connectivity index (χ1v) is 8.42. The number of hydroxylamine groups is 1. The van der Waals surface area contributed by atoms with Crippen LogP contribution in [0.5, 0.6) is 0 Å². The van der Waals surface area contributed by atoms with Crippen LogP contribution >= 0.6 is 0 Å². The van der Waals surface area contributed by atoms with Crippen molar-refractivity contribution < 1.29 is 19.1 Å². The number of nitrogens with zero attached hydrogens (tertiary/aromatic N) is 1. The zero-order valence-electron chi connectivity index (χ0n) is 14.8. The predicted molar refractivity (Wildman–Crippen MR) is 91.2 cm³/mol. The summed E-state index contributed by atoms with van der Waals surface area (Å²) in [5.74, 6) is -1.10. The first-order chi connectivity index (χ1) is 11.5. The number of amides is 1. The molecule has 0 aliphatic heterocycles. The molecule has 0 unspecified atom stereocenters. The monoisotopic (exact) mass is 340 g/mol. The first kappa shape index (κ1) is 20.5. The van der Waals surface area contributed by atoms with Gasteiger partial charge in [-0.3, -0.25) is 10.0 Å². The van der Waals surface area contributed by atoms with Gasteiger partial charge in [0.15, 0.2) is 0 Å². The Labute approximate surface area is 143 Å². The van der Waals surface area contributed by atoms with Crippen LogP contribution in [0.25, 0.3) is 0 Å². The number of hydrogen-bond acceptors (Lipinski definition) is 4. The summed E-state index contributed by atoms with van der Waals surface area (Å²) in [5.41, 5.74) is 2.56. The van der Waals surface area contributed by atoms with Crippen LogP contribution in [0.2, 0.25) is 0 Å². The second kappa shape index (κ2) is 11.1. The van der Waals surface area contributed by atoms with E-state index in [0.717, 1.165) is 31.5 Å². The van der Waals surface area contributed by atoms with E-state index in [1.807, 2.05) is 7.05 Å². The molecule has 0 radical (unpaired) electrons. The lowest BCUT2D eigenvalue weighted by Gasteiger charge is -2.24. The average Bonchev–Trinajstić information content (AvgIpc) is 2.60. The number of carbonyl (C=O) groups is 1. The smallest absolute Gasteiger partial charge is 0.246 e. The molecule has 0 heterocycles. The molecular formula is C18H29FN2O3. The molecule has 6 heteroatoms. The second-order valence-corrected chi connectivity index (χ2v) is 6.13. The molecule has 1 amide bonds. The zero-order chi connectivity index (χ0) is 17.9. The summed E-state index contributed by atoms with van der Waals surface area (Å²) < 4.78 is 18.5. The molecule has 1 aromatic carbocycles. The largest absolute Gasteiger partial charge is 0.377 e. The quantitative estimate of drug-likeness (QED) is 0.480. The molecule has 0 aliphatic carbocycles. The number of hydrogen-bond donors (Lipinski definition) is 2. The van der Waals surface area contributed by atoms with E-state index in [0.29, 0.717) is 12.8 Å². The molecule has 0 aliphatic rings. The number of unbranched alkanes of at least 4 members (excludes halogenated alkanes) is 1. The molecule has 136 valence electrons. The highest BCUT2D eigenvalue weighted by Gasteiger charge is 2.24. The zero-order valence-corrected chi connectivity index (χ0v) is 14.8. The fraction of sp³-hybridized carbons (Fsp3) is 0.611. The minimum absolute atomic E-state index is 0.309. The number of benzene rings is 1. The first-order valence-electron chi connectivity index (χ1n) is 8.42. The Morgan fingerprint density at radius 2 is 2.00 bits per heavy atom. The van der Waals surface area contributed by atoms with Gasteiger partial charge in [0.2, 0.25) is 5.91 Å². The van der Waals surface area contributed by atoms with Gasteiger partial charge in [-0.25, -0.2) is 9.87 Å². The van der Waals surface area contributed by atoms with Crippen molar-refractivity contribution in [1.82, 2.24) is 10.4 Å². The van der Waals surface area contributed by atoms with E-state index in [1.54, 1.807) is 24.7 Å². The molecule has 1 aromatic rings. The fourth-order valence-corrected chi connectivity index (χ4v) is 2.67. The standard InChI is InChI=1S/C18H29FN2O3/c1-4-5-11-21(2)12-10-15(18(22)20-23)13-17(24-3)14-6-8-16(19)9-7-14/h6-9,15,17,23H,4-5,10-13H2,1-3H3,(H,20,22)/t15-,17+/m0/s1. The number of nitrogens with one attached hydrogen (secondary N) is 1. The molecule has 1 rings (SSSR count). The molecule has 2 atom stereocenters. The minimum atomic E-state index is -0.414. The van der Waals surface area contributed by atoms with E-state index in [4.69, 9.17) is 9.94 Å². The van der Waals surface area contributed by atoms with Crippen molar-refractivity contribution in [2.24, 2.45) is 5.92 Å². The van der Waals surface area contributed by atoms with Crippen LogP contribution in [0, 0.1) is 11.7 Å². The maximum atomic E-state index is 13.1. The molecule has 0 bridgehead atoms. The molecule has 0 spiro atoms. The molecular weight excluding hydrogens is 311 g/mol. The van der Waals surface area contributed by atoms with Gasteiger partial charge in [0, 0.05) is 13.0 Å². The Morgan fingerprint density at radius 1 is 1.33 bits per heavy atom. The minimum Gasteiger partial charge on any atom is -0.377 e. The van der Waals surface area contributed by atoms with Crippen LogP contribution in [0.15, 0.2) is 24.3 Å². The van der Waals surface area contributed by atoms with Crippen molar-refractivity contribution in [3.05, 3.63) is 35.6 Å². The van der Waals surface area contributed by atoms with Gasteiger partial charge in [0.1, 0.15) is 5.82 Å². The lowest BCUT2D eigenvalue weighted by atomic mass is 9.93. The Hall–Kier alpha value is -1.50. The highest BCUT2D eigenvalue weighted by Crippen LogP contribution is 2.27. The molecule has 0 saturated heterocycles. The summed E-state index contributed by atoms with van der Waals surface area (Å²) in [6, 6.07) is 6.07. The van der Waals surface area contributed by atoms with Crippen molar-refractivity contribution in [3.63, 3.8) is 0 Å². The SMILES string of the molecule is CCCCN(C)CC[C@@H](C[C@@H](OC)c1ccc(F)cc1)C(=O)NO. The molecule has 5 nitrogen and oxygen atoms in total. The van der Waals surface area contributed by atoms with Crippen molar-refractivity contribution in [3.8, 4) is 0 Å². The fourth-order valence-electron chi connectivity index (χ4n) is 2.67. The summed E-state index contributed by atoms with van der Waals surface area (Å²) in [6.45, 7) is 3.88. The van der Waals surface area contributed by atoms with E-state index in [9.17, 15) is 9.18 Å². The summed E-state index contributed by atoms with van der Waals surface area (Å²) in [4.78, 5) is 14.2. The van der Waals surface area contributed by atoms with Crippen molar-refractivity contribution >= 4 is 5.91 Å². The molecule has 0 fully saturated rings. The average molecular weight is 340 g/mol. The maximum Gasteiger partial charge on any atom is 0.246 e. The van der Waals surface area contributed by atoms with Gasteiger partial charge < -0.3 is 9.64 Å². The van der Waals surface area contributed by atoms with E-state index in [2.05, 4.69) is 11.8 Å². The lowest BCUT2D eigenvalue weighted by Crippen LogP contribution is -2.32. The highest BCUT2D eigenvalue weighted by molar-refractivity contribution is 5.77. The molecule has 0 aromatic heterocycles. The van der Waals surface area contributed by atoms with E-state index >= 15 is 0 Å². The Kier molecular flexibility index (Phi) is 9.52. The van der Waals surface area contributed by atoms with Gasteiger partial charge >= 0.3 is 0 Å². The lowest BCUT2D eigenvalue weighted by molar-refractivity contribution is -0.135. The third-order valence-corrected chi connectivity index (χ3v) is 4.26. The van der Waals surface area contributed by atoms with Crippen LogP contribution in [0.3, 0.4) is 0 Å². The highest BCUT2D eigenvalue weighted by atomic mass is 19.1. The summed E-state index contributed by atoms with van der Waals surface area (Å²) in [6.07, 6.45) is 2.96. The normalized spacial score (nSPS) is 13.8. The summed E-state index contributed by atoms with van der Waals surface area (Å²) in [5, 5.41) is 9.00. The maximum absolute atomic E-state index is 13.1. The third kappa shape index (κ3) is 6.95. The number of methoxy groups -OCH3 is 1. The van der Waals surface area contributed by atoms with Gasteiger partial charge in [0.25, 0.3) is 0 Å². The van der Waals surface area contributed by atoms with Crippen molar-refractivity contribution in [2.45, 2.75) is 38.7 Å².